The fraction of sp³-hybridized carbons (Fsp3) is 0.350. The first-order valence-corrected chi connectivity index (χ1v) is 9.16. The molecule has 26 heavy (non-hydrogen) atoms. The molecule has 1 rings (SSSR count). The van der Waals surface area contributed by atoms with Gasteiger partial charge in [0, 0.05) is 0 Å². The highest BCUT2D eigenvalue weighted by molar-refractivity contribution is 7.45. The van der Waals surface area contributed by atoms with E-state index in [2.05, 4.69) is 32.7 Å². The second kappa shape index (κ2) is 13.0. The Labute approximate surface area is 158 Å². The normalized spacial score (nSPS) is 11.4. The Morgan fingerprint density at radius 1 is 1.00 bits per heavy atom. The van der Waals surface area contributed by atoms with Crippen molar-refractivity contribution in [1.82, 2.24) is 0 Å². The van der Waals surface area contributed by atoms with Crippen LogP contribution in [0, 0.1) is 0 Å². The van der Waals surface area contributed by atoms with Crippen LogP contribution >= 0.6 is 9.24 Å². The molecule has 1 aromatic carbocycles. The van der Waals surface area contributed by atoms with Gasteiger partial charge in [0.2, 0.25) is 0 Å². The van der Waals surface area contributed by atoms with Crippen molar-refractivity contribution in [1.29, 1.82) is 0 Å². The van der Waals surface area contributed by atoms with Crippen LogP contribution in [0.2, 0.25) is 0 Å². The zero-order chi connectivity index (χ0) is 19.2. The molecule has 6 heteroatoms. The van der Waals surface area contributed by atoms with Gasteiger partial charge >= 0.3 is 0 Å². The van der Waals surface area contributed by atoms with E-state index in [1.807, 2.05) is 18.2 Å². The van der Waals surface area contributed by atoms with Crippen molar-refractivity contribution < 1.29 is 14.5 Å². The number of nitrogens with zero attached hydrogens (tertiary/aromatic N) is 2. The van der Waals surface area contributed by atoms with Crippen LogP contribution in [-0.4, -0.2) is 30.7 Å². The first-order valence-electron chi connectivity index (χ1n) is 8.58. The Morgan fingerprint density at radius 2 is 1.54 bits per heavy atom. The number of carbonyl (C=O) groups excluding carboxylic acids is 1. The smallest absolute Gasteiger partial charge is 0.195 e. The predicted octanol–water partition coefficient (Wildman–Crippen LogP) is 4.68. The number of benzene rings is 1. The van der Waals surface area contributed by atoms with Crippen LogP contribution in [0.5, 0.6) is 0 Å². The Bertz CT molecular complexity index is 643. The Morgan fingerprint density at radius 3 is 2.08 bits per heavy atom. The van der Waals surface area contributed by atoms with E-state index in [4.69, 9.17) is 9.68 Å². The molecule has 1 atom stereocenters. The molecular formula is C20H27N2O3P. The lowest BCUT2D eigenvalue weighted by atomic mass is 10.1. The second-order valence-electron chi connectivity index (χ2n) is 5.70. The third-order valence-corrected chi connectivity index (χ3v) is 3.94. The first-order chi connectivity index (χ1) is 12.6. The van der Waals surface area contributed by atoms with Gasteiger partial charge in [-0.15, -0.1) is 0 Å². The highest BCUT2D eigenvalue weighted by Gasteiger charge is 1.98. The molecule has 0 spiro atoms. The highest BCUT2D eigenvalue weighted by atomic mass is 31.0. The van der Waals surface area contributed by atoms with Crippen molar-refractivity contribution >= 4 is 38.8 Å². The lowest BCUT2D eigenvalue weighted by Crippen LogP contribution is -2.02. The van der Waals surface area contributed by atoms with Crippen molar-refractivity contribution in [3.8, 4) is 0 Å². The predicted molar refractivity (Wildman–Crippen MR) is 112 cm³/mol. The molecule has 0 bridgehead atoms. The molecule has 0 saturated heterocycles. The molecule has 0 aliphatic rings. The molecule has 0 aliphatic heterocycles. The maximum atomic E-state index is 10.9. The van der Waals surface area contributed by atoms with Gasteiger partial charge in [0.1, 0.15) is 18.9 Å². The molecule has 0 N–H and O–H groups in total. The summed E-state index contributed by atoms with van der Waals surface area (Å²) >= 11 is 0. The van der Waals surface area contributed by atoms with Gasteiger partial charge in [0.05, 0.1) is 6.21 Å². The SMILES string of the molecule is C=Cc1cc(C=C)cc(C=NOCCCCCCON=C(C)C(=O)P)c1. The van der Waals surface area contributed by atoms with Gasteiger partial charge < -0.3 is 9.68 Å². The van der Waals surface area contributed by atoms with Crippen LogP contribution in [0.15, 0.2) is 41.7 Å². The molecule has 0 heterocycles. The maximum absolute atomic E-state index is 10.9. The monoisotopic (exact) mass is 374 g/mol. The van der Waals surface area contributed by atoms with Crippen molar-refractivity contribution in [2.75, 3.05) is 13.2 Å². The Kier molecular flexibility index (Phi) is 10.9. The van der Waals surface area contributed by atoms with E-state index >= 15 is 0 Å². The molecule has 140 valence electrons. The molecule has 1 unspecified atom stereocenters. The van der Waals surface area contributed by atoms with E-state index < -0.39 is 0 Å². The molecule has 0 aromatic heterocycles. The summed E-state index contributed by atoms with van der Waals surface area (Å²) in [5, 5.41) is 7.73. The topological polar surface area (TPSA) is 60.2 Å². The van der Waals surface area contributed by atoms with Crippen molar-refractivity contribution in [2.24, 2.45) is 10.3 Å². The standard InChI is InChI=1S/C20H27N2O3P/c1-4-17-12-18(5-2)14-19(13-17)15-21-24-10-8-6-7-9-11-25-22-16(3)20(23)26/h4-5,12-15H,1-2,6-11,26H2,3H3. The molecule has 0 saturated carbocycles. The van der Waals surface area contributed by atoms with Gasteiger partial charge in [-0.25, -0.2) is 0 Å². The van der Waals surface area contributed by atoms with Crippen molar-refractivity contribution in [3.05, 3.63) is 48.0 Å². The number of hydrogen-bond donors (Lipinski definition) is 0. The average Bonchev–Trinajstić information content (AvgIpc) is 2.65. The number of oxime groups is 2. The number of unbranched alkanes of at least 4 members (excludes halogenated alkanes) is 3. The fourth-order valence-corrected chi connectivity index (χ4v) is 2.09. The minimum absolute atomic E-state index is 0.153. The third-order valence-electron chi connectivity index (χ3n) is 3.53. The molecule has 0 radical (unpaired) electrons. The summed E-state index contributed by atoms with van der Waals surface area (Å²) < 4.78 is 0. The van der Waals surface area contributed by atoms with E-state index in [9.17, 15) is 4.79 Å². The minimum atomic E-state index is -0.153. The zero-order valence-electron chi connectivity index (χ0n) is 15.3. The van der Waals surface area contributed by atoms with Gasteiger partial charge in [-0.05, 0) is 67.5 Å². The largest absolute Gasteiger partial charge is 0.396 e. The molecule has 0 aliphatic carbocycles. The fourth-order valence-electron chi connectivity index (χ4n) is 2.04. The van der Waals surface area contributed by atoms with Gasteiger partial charge in [-0.2, -0.15) is 0 Å². The molecule has 0 amide bonds. The van der Waals surface area contributed by atoms with Crippen LogP contribution in [0.25, 0.3) is 12.2 Å². The first kappa shape index (κ1) is 21.8. The van der Waals surface area contributed by atoms with Crippen LogP contribution < -0.4 is 0 Å². The minimum Gasteiger partial charge on any atom is -0.396 e. The lowest BCUT2D eigenvalue weighted by Gasteiger charge is -2.02. The molecular weight excluding hydrogens is 347 g/mol. The number of hydrogen-bond acceptors (Lipinski definition) is 5. The second-order valence-corrected chi connectivity index (χ2v) is 6.22. The highest BCUT2D eigenvalue weighted by Crippen LogP contribution is 2.11. The summed E-state index contributed by atoms with van der Waals surface area (Å²) in [4.78, 5) is 21.3. The van der Waals surface area contributed by atoms with E-state index in [0.29, 0.717) is 18.9 Å². The molecule has 0 fully saturated rings. The lowest BCUT2D eigenvalue weighted by molar-refractivity contribution is -0.105. The van der Waals surface area contributed by atoms with Crippen LogP contribution in [0.3, 0.4) is 0 Å². The van der Waals surface area contributed by atoms with Crippen molar-refractivity contribution in [2.45, 2.75) is 32.6 Å². The summed E-state index contributed by atoms with van der Waals surface area (Å²) in [6, 6.07) is 5.98. The summed E-state index contributed by atoms with van der Waals surface area (Å²) in [7, 11) is 2.07. The van der Waals surface area contributed by atoms with E-state index in [1.54, 1.807) is 25.3 Å². The van der Waals surface area contributed by atoms with E-state index in [0.717, 1.165) is 42.4 Å². The third kappa shape index (κ3) is 9.28. The zero-order valence-corrected chi connectivity index (χ0v) is 16.5. The van der Waals surface area contributed by atoms with Crippen LogP contribution in [-0.2, 0) is 14.5 Å². The summed E-state index contributed by atoms with van der Waals surface area (Å²) in [6.45, 7) is 10.3. The number of carbonyl (C=O) groups is 1. The van der Waals surface area contributed by atoms with Gasteiger partial charge in [0.25, 0.3) is 0 Å². The Hall–Kier alpha value is -2.26. The van der Waals surface area contributed by atoms with Crippen LogP contribution in [0.1, 0.15) is 49.3 Å². The molecule has 1 aromatic rings. The van der Waals surface area contributed by atoms with Gasteiger partial charge in [-0.1, -0.05) is 44.9 Å². The Balaban J connectivity index is 2.15. The van der Waals surface area contributed by atoms with E-state index in [1.165, 1.54) is 0 Å². The van der Waals surface area contributed by atoms with E-state index in [-0.39, 0.29) is 5.52 Å². The summed E-state index contributed by atoms with van der Waals surface area (Å²) in [5.74, 6) is 0. The maximum Gasteiger partial charge on any atom is 0.195 e. The molecule has 5 nitrogen and oxygen atoms in total. The summed E-state index contributed by atoms with van der Waals surface area (Å²) in [6.07, 6.45) is 9.14. The van der Waals surface area contributed by atoms with Crippen molar-refractivity contribution in [3.63, 3.8) is 0 Å². The van der Waals surface area contributed by atoms with Gasteiger partial charge in [-0.3, -0.25) is 4.79 Å². The quantitative estimate of drug-likeness (QED) is 0.218. The van der Waals surface area contributed by atoms with Gasteiger partial charge in [0.15, 0.2) is 5.52 Å². The number of rotatable bonds is 13. The summed E-state index contributed by atoms with van der Waals surface area (Å²) in [5.41, 5.74) is 3.20. The van der Waals surface area contributed by atoms with Crippen LogP contribution in [0.4, 0.5) is 0 Å². The average molecular weight is 374 g/mol.